The van der Waals surface area contributed by atoms with Gasteiger partial charge in [-0.25, -0.2) is 0 Å². The average molecular weight is 391 g/mol. The van der Waals surface area contributed by atoms with Gasteiger partial charge in [0.2, 0.25) is 11.8 Å². The van der Waals surface area contributed by atoms with Crippen molar-refractivity contribution in [2.24, 2.45) is 11.8 Å². The van der Waals surface area contributed by atoms with Crippen molar-refractivity contribution in [3.05, 3.63) is 28.7 Å². The van der Waals surface area contributed by atoms with Crippen molar-refractivity contribution >= 4 is 45.8 Å². The molecular formula is C15H21BrClN3O2. The van der Waals surface area contributed by atoms with E-state index in [1.807, 2.05) is 31.2 Å². The lowest BCUT2D eigenvalue weighted by atomic mass is 9.88. The molecule has 1 aromatic rings. The molecule has 0 radical (unpaired) electrons. The van der Waals surface area contributed by atoms with Gasteiger partial charge in [-0.05, 0) is 43.3 Å². The summed E-state index contributed by atoms with van der Waals surface area (Å²) in [5, 5.41) is 8.77. The molecule has 3 N–H and O–H groups in total. The van der Waals surface area contributed by atoms with Gasteiger partial charge in [0.15, 0.2) is 0 Å². The van der Waals surface area contributed by atoms with Crippen molar-refractivity contribution in [3.8, 4) is 0 Å². The van der Waals surface area contributed by atoms with Crippen LogP contribution in [-0.2, 0) is 9.59 Å². The molecule has 1 fully saturated rings. The van der Waals surface area contributed by atoms with Crippen LogP contribution >= 0.6 is 28.3 Å². The highest BCUT2D eigenvalue weighted by Gasteiger charge is 2.28. The number of rotatable bonds is 6. The summed E-state index contributed by atoms with van der Waals surface area (Å²) in [5.41, 5.74) is 0.753. The average Bonchev–Trinajstić information content (AvgIpc) is 2.39. The minimum absolute atomic E-state index is 0. The minimum Gasteiger partial charge on any atom is -0.355 e. The molecule has 122 valence electrons. The number of benzene rings is 1. The monoisotopic (exact) mass is 389 g/mol. The Kier molecular flexibility index (Phi) is 7.85. The molecule has 0 saturated carbocycles. The first-order chi connectivity index (χ1) is 10.1. The van der Waals surface area contributed by atoms with E-state index in [-0.39, 0.29) is 36.6 Å². The summed E-state index contributed by atoms with van der Waals surface area (Å²) in [6, 6.07) is 7.38. The van der Waals surface area contributed by atoms with Crippen molar-refractivity contribution in [2.45, 2.75) is 13.3 Å². The van der Waals surface area contributed by atoms with Gasteiger partial charge in [-0.3, -0.25) is 9.59 Å². The van der Waals surface area contributed by atoms with Crippen LogP contribution in [0.4, 0.5) is 5.69 Å². The van der Waals surface area contributed by atoms with Crippen LogP contribution in [0.1, 0.15) is 13.3 Å². The van der Waals surface area contributed by atoms with Crippen LogP contribution in [0.25, 0.3) is 0 Å². The van der Waals surface area contributed by atoms with Crippen molar-refractivity contribution in [1.29, 1.82) is 0 Å². The largest absolute Gasteiger partial charge is 0.355 e. The number of hydrogen-bond donors (Lipinski definition) is 3. The van der Waals surface area contributed by atoms with E-state index in [0.29, 0.717) is 12.5 Å². The summed E-state index contributed by atoms with van der Waals surface area (Å²) >= 11 is 3.34. The molecule has 1 saturated heterocycles. The van der Waals surface area contributed by atoms with Gasteiger partial charge in [-0.1, -0.05) is 22.9 Å². The van der Waals surface area contributed by atoms with Crippen LogP contribution in [-0.4, -0.2) is 31.4 Å². The molecule has 1 atom stereocenters. The molecule has 1 unspecified atom stereocenters. The lowest BCUT2D eigenvalue weighted by Crippen LogP contribution is -2.49. The predicted octanol–water partition coefficient (Wildman–Crippen LogP) is 2.17. The molecule has 0 aliphatic carbocycles. The van der Waals surface area contributed by atoms with E-state index < -0.39 is 0 Å². The van der Waals surface area contributed by atoms with Crippen molar-refractivity contribution in [2.75, 3.05) is 25.0 Å². The molecule has 22 heavy (non-hydrogen) atoms. The standard InChI is InChI=1S/C15H20BrN3O2.ClH/c1-10(11-8-17-9-11)15(21)18-7-6-14(20)19-13-4-2-12(16)3-5-13;/h2-5,10-11,17H,6-9H2,1H3,(H,18,21)(H,19,20);1H. The Hall–Kier alpha value is -1.11. The molecule has 1 aliphatic heterocycles. The molecule has 0 aromatic heterocycles. The maximum atomic E-state index is 11.9. The zero-order valence-corrected chi connectivity index (χ0v) is 14.8. The number of anilines is 1. The lowest BCUT2D eigenvalue weighted by Gasteiger charge is -2.31. The van der Waals surface area contributed by atoms with Crippen molar-refractivity contribution in [1.82, 2.24) is 10.6 Å². The highest BCUT2D eigenvalue weighted by molar-refractivity contribution is 9.10. The van der Waals surface area contributed by atoms with Crippen LogP contribution in [0.15, 0.2) is 28.7 Å². The van der Waals surface area contributed by atoms with Crippen LogP contribution < -0.4 is 16.0 Å². The Bertz CT molecular complexity index is 506. The predicted molar refractivity (Wildman–Crippen MR) is 93.2 cm³/mol. The summed E-state index contributed by atoms with van der Waals surface area (Å²) in [4.78, 5) is 23.6. The Labute approximate surface area is 145 Å². The first-order valence-corrected chi connectivity index (χ1v) is 7.89. The molecule has 5 nitrogen and oxygen atoms in total. The highest BCUT2D eigenvalue weighted by atomic mass is 79.9. The Morgan fingerprint density at radius 2 is 1.95 bits per heavy atom. The third kappa shape index (κ3) is 5.59. The third-order valence-corrected chi connectivity index (χ3v) is 4.24. The Morgan fingerprint density at radius 1 is 1.32 bits per heavy atom. The van der Waals surface area contributed by atoms with Gasteiger partial charge in [-0.2, -0.15) is 0 Å². The molecule has 1 aliphatic rings. The first kappa shape index (κ1) is 18.9. The van der Waals surface area contributed by atoms with E-state index in [1.165, 1.54) is 0 Å². The number of nitrogens with one attached hydrogen (secondary N) is 3. The molecule has 0 spiro atoms. The topological polar surface area (TPSA) is 70.2 Å². The fourth-order valence-corrected chi connectivity index (χ4v) is 2.36. The lowest BCUT2D eigenvalue weighted by molar-refractivity contribution is -0.126. The molecule has 0 bridgehead atoms. The zero-order valence-electron chi connectivity index (χ0n) is 12.4. The second-order valence-electron chi connectivity index (χ2n) is 5.30. The number of amides is 2. The van der Waals surface area contributed by atoms with Crippen LogP contribution in [0, 0.1) is 11.8 Å². The van der Waals surface area contributed by atoms with Gasteiger partial charge < -0.3 is 16.0 Å². The van der Waals surface area contributed by atoms with Gasteiger partial charge >= 0.3 is 0 Å². The number of hydrogen-bond acceptors (Lipinski definition) is 3. The van der Waals surface area contributed by atoms with Gasteiger partial charge in [0, 0.05) is 29.0 Å². The van der Waals surface area contributed by atoms with Gasteiger partial charge in [-0.15, -0.1) is 12.4 Å². The minimum atomic E-state index is -0.101. The molecular weight excluding hydrogens is 370 g/mol. The molecule has 2 rings (SSSR count). The summed E-state index contributed by atoms with van der Waals surface area (Å²) in [5.74, 6) is 0.343. The van der Waals surface area contributed by atoms with Crippen molar-refractivity contribution in [3.63, 3.8) is 0 Å². The van der Waals surface area contributed by atoms with E-state index in [1.54, 1.807) is 0 Å². The maximum Gasteiger partial charge on any atom is 0.226 e. The van der Waals surface area contributed by atoms with Crippen molar-refractivity contribution < 1.29 is 9.59 Å². The smallest absolute Gasteiger partial charge is 0.226 e. The van der Waals surface area contributed by atoms with E-state index in [9.17, 15) is 9.59 Å². The van der Waals surface area contributed by atoms with Gasteiger partial charge in [0.1, 0.15) is 0 Å². The molecule has 1 aromatic carbocycles. The Balaban J connectivity index is 0.00000242. The fourth-order valence-electron chi connectivity index (χ4n) is 2.10. The summed E-state index contributed by atoms with van der Waals surface area (Å²) in [6.45, 7) is 4.10. The van der Waals surface area contributed by atoms with E-state index in [2.05, 4.69) is 31.9 Å². The number of halogens is 2. The van der Waals surface area contributed by atoms with Crippen LogP contribution in [0.2, 0.25) is 0 Å². The molecule has 1 heterocycles. The molecule has 2 amide bonds. The summed E-state index contributed by atoms with van der Waals surface area (Å²) in [6.07, 6.45) is 0.275. The van der Waals surface area contributed by atoms with Crippen LogP contribution in [0.5, 0.6) is 0 Å². The summed E-state index contributed by atoms with van der Waals surface area (Å²) < 4.78 is 0.965. The maximum absolute atomic E-state index is 11.9. The zero-order chi connectivity index (χ0) is 15.2. The highest BCUT2D eigenvalue weighted by Crippen LogP contribution is 2.16. The van der Waals surface area contributed by atoms with E-state index in [0.717, 1.165) is 23.2 Å². The number of carbonyl (C=O) groups excluding carboxylic acids is 2. The second kappa shape index (κ2) is 9.12. The van der Waals surface area contributed by atoms with E-state index in [4.69, 9.17) is 0 Å². The van der Waals surface area contributed by atoms with Crippen LogP contribution in [0.3, 0.4) is 0 Å². The van der Waals surface area contributed by atoms with E-state index >= 15 is 0 Å². The summed E-state index contributed by atoms with van der Waals surface area (Å²) in [7, 11) is 0. The third-order valence-electron chi connectivity index (χ3n) is 3.71. The first-order valence-electron chi connectivity index (χ1n) is 7.10. The number of carbonyl (C=O) groups is 2. The second-order valence-corrected chi connectivity index (χ2v) is 6.22. The Morgan fingerprint density at radius 3 is 2.50 bits per heavy atom. The fraction of sp³-hybridized carbons (Fsp3) is 0.467. The molecule has 7 heteroatoms. The normalized spacial score (nSPS) is 15.2. The van der Waals surface area contributed by atoms with Gasteiger partial charge in [0.05, 0.1) is 0 Å². The van der Waals surface area contributed by atoms with Gasteiger partial charge in [0.25, 0.3) is 0 Å². The SMILES string of the molecule is CC(C(=O)NCCC(=O)Nc1ccc(Br)cc1)C1CNC1.Cl. The quantitative estimate of drug-likeness (QED) is 0.697.